The van der Waals surface area contributed by atoms with Crippen LogP contribution in [0, 0.1) is 0 Å². The Balaban J connectivity index is 1.52. The zero-order chi connectivity index (χ0) is 16.9. The average Bonchev–Trinajstić information content (AvgIpc) is 2.85. The van der Waals surface area contributed by atoms with E-state index < -0.39 is 10.8 Å². The summed E-state index contributed by atoms with van der Waals surface area (Å²) in [4.78, 5) is 12.1. The van der Waals surface area contributed by atoms with E-state index in [4.69, 9.17) is 21.1 Å². The van der Waals surface area contributed by atoms with Crippen LogP contribution < -0.4 is 14.8 Å². The van der Waals surface area contributed by atoms with Crippen molar-refractivity contribution < 1.29 is 18.5 Å². The third-order valence-electron chi connectivity index (χ3n) is 4.33. The van der Waals surface area contributed by atoms with Crippen LogP contribution in [0.4, 0.5) is 0 Å². The summed E-state index contributed by atoms with van der Waals surface area (Å²) < 4.78 is 22.8. The summed E-state index contributed by atoms with van der Waals surface area (Å²) in [7, 11) is -1.28. The summed E-state index contributed by atoms with van der Waals surface area (Å²) in [5, 5.41) is 3.47. The van der Waals surface area contributed by atoms with Gasteiger partial charge in [0, 0.05) is 22.6 Å². The Morgan fingerprint density at radius 2 is 1.96 bits per heavy atom. The third-order valence-corrected chi connectivity index (χ3v) is 5.85. The zero-order valence-electron chi connectivity index (χ0n) is 13.5. The number of fused-ring (bicyclic) bond motifs is 1. The minimum Gasteiger partial charge on any atom is -0.454 e. The van der Waals surface area contributed by atoms with Crippen molar-refractivity contribution in [1.29, 1.82) is 0 Å². The standard InChI is InChI=1S/C17H22ClNO4S/c18-14-7-12(8-15-17(14)23-11-22-15)9-24(21)10-16(20)19-13-5-3-1-2-4-6-13/h7-8,13H,1-6,9-11H2,(H,19,20)/t24-/m0/s1. The number of amides is 1. The molecule has 1 fully saturated rings. The van der Waals surface area contributed by atoms with Gasteiger partial charge < -0.3 is 14.8 Å². The number of hydrogen-bond donors (Lipinski definition) is 1. The van der Waals surface area contributed by atoms with E-state index in [9.17, 15) is 9.00 Å². The molecule has 1 amide bonds. The highest BCUT2D eigenvalue weighted by Gasteiger charge is 2.20. The lowest BCUT2D eigenvalue weighted by Crippen LogP contribution is -2.37. The molecule has 0 radical (unpaired) electrons. The van der Waals surface area contributed by atoms with Gasteiger partial charge in [0.05, 0.1) is 5.02 Å². The number of nitrogens with one attached hydrogen (secondary N) is 1. The summed E-state index contributed by atoms with van der Waals surface area (Å²) in [5.41, 5.74) is 0.782. The second-order valence-electron chi connectivity index (χ2n) is 6.30. The topological polar surface area (TPSA) is 64.6 Å². The van der Waals surface area contributed by atoms with E-state index in [-0.39, 0.29) is 30.2 Å². The summed E-state index contributed by atoms with van der Waals surface area (Å²) in [6.07, 6.45) is 6.84. The molecular weight excluding hydrogens is 350 g/mol. The predicted molar refractivity (Wildman–Crippen MR) is 93.9 cm³/mol. The molecule has 24 heavy (non-hydrogen) atoms. The molecule has 5 nitrogen and oxygen atoms in total. The monoisotopic (exact) mass is 371 g/mol. The molecule has 1 saturated carbocycles. The number of halogens is 1. The molecule has 0 aromatic heterocycles. The Kier molecular flexibility index (Phi) is 6.00. The van der Waals surface area contributed by atoms with Gasteiger partial charge in [-0.25, -0.2) is 0 Å². The van der Waals surface area contributed by atoms with E-state index in [2.05, 4.69) is 5.32 Å². The normalized spacial score (nSPS) is 18.9. The Labute approximate surface area is 149 Å². The van der Waals surface area contributed by atoms with Crippen molar-refractivity contribution >= 4 is 28.3 Å². The van der Waals surface area contributed by atoms with Crippen LogP contribution in [0.25, 0.3) is 0 Å². The molecule has 1 atom stereocenters. The maximum Gasteiger partial charge on any atom is 0.232 e. The largest absolute Gasteiger partial charge is 0.454 e. The molecule has 1 aliphatic heterocycles. The summed E-state index contributed by atoms with van der Waals surface area (Å²) >= 11 is 6.13. The van der Waals surface area contributed by atoms with Crippen LogP contribution >= 0.6 is 11.6 Å². The van der Waals surface area contributed by atoms with E-state index in [0.717, 1.165) is 31.2 Å². The number of hydrogen-bond acceptors (Lipinski definition) is 4. The molecule has 0 spiro atoms. The molecule has 0 unspecified atom stereocenters. The minimum atomic E-state index is -1.28. The molecule has 1 heterocycles. The summed E-state index contributed by atoms with van der Waals surface area (Å²) in [5.74, 6) is 1.25. The van der Waals surface area contributed by atoms with Crippen LogP contribution in [0.1, 0.15) is 44.1 Å². The third kappa shape index (κ3) is 4.63. The first kappa shape index (κ1) is 17.5. The van der Waals surface area contributed by atoms with Crippen LogP contribution in [0.2, 0.25) is 5.02 Å². The Morgan fingerprint density at radius 1 is 1.21 bits per heavy atom. The zero-order valence-corrected chi connectivity index (χ0v) is 15.1. The van der Waals surface area contributed by atoms with Gasteiger partial charge in [-0.2, -0.15) is 0 Å². The first-order chi connectivity index (χ1) is 11.6. The fraction of sp³-hybridized carbons (Fsp3) is 0.588. The van der Waals surface area contributed by atoms with Gasteiger partial charge in [0.25, 0.3) is 0 Å². The Morgan fingerprint density at radius 3 is 2.71 bits per heavy atom. The van der Waals surface area contributed by atoms with E-state index in [1.165, 1.54) is 12.8 Å². The number of benzene rings is 1. The molecule has 1 N–H and O–H groups in total. The van der Waals surface area contributed by atoms with Crippen LogP contribution in [0.3, 0.4) is 0 Å². The molecule has 2 aliphatic rings. The summed E-state index contributed by atoms with van der Waals surface area (Å²) in [6.45, 7) is 0.144. The smallest absolute Gasteiger partial charge is 0.232 e. The predicted octanol–water partition coefficient (Wildman–Crippen LogP) is 3.16. The van der Waals surface area contributed by atoms with Crippen LogP contribution in [0.5, 0.6) is 11.5 Å². The summed E-state index contributed by atoms with van der Waals surface area (Å²) in [6, 6.07) is 3.72. The van der Waals surface area contributed by atoms with Crippen molar-refractivity contribution in [1.82, 2.24) is 5.32 Å². The molecule has 1 aliphatic carbocycles. The fourth-order valence-electron chi connectivity index (χ4n) is 3.18. The van der Waals surface area contributed by atoms with Crippen molar-refractivity contribution in [2.75, 3.05) is 12.5 Å². The van der Waals surface area contributed by atoms with Crippen molar-refractivity contribution in [3.05, 3.63) is 22.7 Å². The van der Waals surface area contributed by atoms with Crippen molar-refractivity contribution in [3.8, 4) is 11.5 Å². The van der Waals surface area contributed by atoms with Gasteiger partial charge in [-0.3, -0.25) is 9.00 Å². The SMILES string of the molecule is O=C(C[S@@](=O)Cc1cc(Cl)c2c(c1)OCO2)NC1CCCCCC1. The molecular formula is C17H22ClNO4S. The molecule has 7 heteroatoms. The van der Waals surface area contributed by atoms with Gasteiger partial charge in [-0.05, 0) is 30.5 Å². The van der Waals surface area contributed by atoms with Gasteiger partial charge in [0.1, 0.15) is 5.75 Å². The second-order valence-corrected chi connectivity index (χ2v) is 8.16. The van der Waals surface area contributed by atoms with E-state index in [0.29, 0.717) is 16.5 Å². The second kappa shape index (κ2) is 8.21. The average molecular weight is 372 g/mol. The minimum absolute atomic E-state index is 0.0164. The van der Waals surface area contributed by atoms with Gasteiger partial charge in [-0.1, -0.05) is 37.3 Å². The van der Waals surface area contributed by atoms with Gasteiger partial charge in [-0.15, -0.1) is 0 Å². The number of rotatable bonds is 5. The van der Waals surface area contributed by atoms with Gasteiger partial charge in [0.15, 0.2) is 11.5 Å². The van der Waals surface area contributed by atoms with Gasteiger partial charge >= 0.3 is 0 Å². The maximum absolute atomic E-state index is 12.3. The molecule has 0 bridgehead atoms. The number of carbonyl (C=O) groups is 1. The highest BCUT2D eigenvalue weighted by atomic mass is 35.5. The van der Waals surface area contributed by atoms with E-state index in [1.54, 1.807) is 12.1 Å². The van der Waals surface area contributed by atoms with Crippen molar-refractivity contribution in [2.24, 2.45) is 0 Å². The van der Waals surface area contributed by atoms with Crippen LogP contribution in [0.15, 0.2) is 12.1 Å². The Hall–Kier alpha value is -1.27. The molecule has 132 valence electrons. The quantitative estimate of drug-likeness (QED) is 0.807. The molecule has 3 rings (SSSR count). The number of carbonyl (C=O) groups excluding carboxylic acids is 1. The lowest BCUT2D eigenvalue weighted by molar-refractivity contribution is -0.119. The first-order valence-electron chi connectivity index (χ1n) is 8.34. The molecule has 0 saturated heterocycles. The maximum atomic E-state index is 12.3. The van der Waals surface area contributed by atoms with Crippen LogP contribution in [-0.4, -0.2) is 28.7 Å². The van der Waals surface area contributed by atoms with Crippen molar-refractivity contribution in [2.45, 2.75) is 50.3 Å². The first-order valence-corrected chi connectivity index (χ1v) is 10.2. The Bertz CT molecular complexity index is 629. The lowest BCUT2D eigenvalue weighted by atomic mass is 10.1. The number of ether oxygens (including phenoxy) is 2. The molecule has 1 aromatic carbocycles. The van der Waals surface area contributed by atoms with Crippen molar-refractivity contribution in [3.63, 3.8) is 0 Å². The fourth-order valence-corrected chi connectivity index (χ4v) is 4.48. The highest BCUT2D eigenvalue weighted by Crippen LogP contribution is 2.40. The van der Waals surface area contributed by atoms with E-state index >= 15 is 0 Å². The lowest BCUT2D eigenvalue weighted by Gasteiger charge is -2.16. The highest BCUT2D eigenvalue weighted by molar-refractivity contribution is 7.84. The van der Waals surface area contributed by atoms with Crippen LogP contribution in [-0.2, 0) is 21.3 Å². The van der Waals surface area contributed by atoms with E-state index in [1.807, 2.05) is 0 Å². The van der Waals surface area contributed by atoms with Gasteiger partial charge in [0.2, 0.25) is 12.7 Å². The molecule has 1 aromatic rings.